The van der Waals surface area contributed by atoms with Crippen LogP contribution in [0.4, 0.5) is 0 Å². The normalized spacial score (nSPS) is 20.1. The summed E-state index contributed by atoms with van der Waals surface area (Å²) < 4.78 is 3.97. The zero-order valence-corrected chi connectivity index (χ0v) is 20.0. The van der Waals surface area contributed by atoms with Crippen LogP contribution < -0.4 is 8.70 Å². The molecule has 0 nitrogen and oxygen atoms in total. The summed E-state index contributed by atoms with van der Waals surface area (Å²) in [5.74, 6) is 0. The van der Waals surface area contributed by atoms with Crippen molar-refractivity contribution in [1.82, 2.24) is 0 Å². The molecule has 0 aromatic heterocycles. The van der Waals surface area contributed by atoms with Crippen molar-refractivity contribution in [3.05, 3.63) is 144 Å². The van der Waals surface area contributed by atoms with E-state index >= 15 is 0 Å². The Balaban J connectivity index is 1.90. The number of allylic oxidation sites excluding steroid dienone is 2. The molecule has 0 bridgehead atoms. The van der Waals surface area contributed by atoms with Crippen LogP contribution >= 0.6 is 0 Å². The molecule has 0 aliphatic carbocycles. The molecular weight excluding hydrogens is 435 g/mol. The van der Waals surface area contributed by atoms with E-state index in [0.29, 0.717) is 9.41 Å². The fourth-order valence-corrected chi connectivity index (χ4v) is 18.2. The molecule has 0 fully saturated rings. The van der Waals surface area contributed by atoms with E-state index in [1.807, 2.05) is 0 Å². The summed E-state index contributed by atoms with van der Waals surface area (Å²) in [7, 11) is 0. The SMILES string of the molecule is CC1=C(C)C(c2ccccc2)[As+](c2ccccc2)(c2ccccc2)C1c1ccccc1. The van der Waals surface area contributed by atoms with Gasteiger partial charge >= 0.3 is 189 Å². The quantitative estimate of drug-likeness (QED) is 0.248. The van der Waals surface area contributed by atoms with Gasteiger partial charge in [-0.1, -0.05) is 0 Å². The summed E-state index contributed by atoms with van der Waals surface area (Å²) in [6.07, 6.45) is 0. The Morgan fingerprint density at radius 3 is 1.03 bits per heavy atom. The van der Waals surface area contributed by atoms with Crippen LogP contribution in [0.15, 0.2) is 132 Å². The van der Waals surface area contributed by atoms with Gasteiger partial charge in [0.1, 0.15) is 0 Å². The molecule has 2 atom stereocenters. The van der Waals surface area contributed by atoms with Gasteiger partial charge < -0.3 is 0 Å². The topological polar surface area (TPSA) is 0 Å². The third-order valence-corrected chi connectivity index (χ3v) is 18.0. The summed E-state index contributed by atoms with van der Waals surface area (Å²) in [5.41, 5.74) is 6.02. The van der Waals surface area contributed by atoms with Gasteiger partial charge in [0.25, 0.3) is 0 Å². The van der Waals surface area contributed by atoms with E-state index in [-0.39, 0.29) is 0 Å². The molecule has 0 N–H and O–H groups in total. The van der Waals surface area contributed by atoms with Crippen LogP contribution in [-0.4, -0.2) is 13.6 Å². The molecule has 5 rings (SSSR count). The molecule has 0 radical (unpaired) electrons. The Kier molecular flexibility index (Phi) is 5.43. The molecule has 1 heterocycles. The van der Waals surface area contributed by atoms with Crippen LogP contribution in [-0.2, 0) is 0 Å². The summed E-state index contributed by atoms with van der Waals surface area (Å²) >= 11 is -2.83. The van der Waals surface area contributed by atoms with Gasteiger partial charge in [-0.3, -0.25) is 0 Å². The molecule has 4 aromatic carbocycles. The van der Waals surface area contributed by atoms with Gasteiger partial charge in [0.2, 0.25) is 0 Å². The molecular formula is C30H28As+. The van der Waals surface area contributed by atoms with Crippen molar-refractivity contribution in [2.24, 2.45) is 0 Å². The molecule has 1 heteroatoms. The van der Waals surface area contributed by atoms with Crippen LogP contribution in [0.25, 0.3) is 0 Å². The van der Waals surface area contributed by atoms with Gasteiger partial charge in [-0.05, 0) is 0 Å². The Morgan fingerprint density at radius 1 is 0.419 bits per heavy atom. The maximum absolute atomic E-state index is 2.83. The summed E-state index contributed by atoms with van der Waals surface area (Å²) in [5, 5.41) is 0. The van der Waals surface area contributed by atoms with E-state index in [0.717, 1.165) is 0 Å². The maximum atomic E-state index is 2.40. The monoisotopic (exact) mass is 463 g/mol. The van der Waals surface area contributed by atoms with Gasteiger partial charge in [-0.2, -0.15) is 0 Å². The van der Waals surface area contributed by atoms with Crippen LogP contribution in [0.1, 0.15) is 34.4 Å². The fourth-order valence-electron chi connectivity index (χ4n) is 5.53. The zero-order valence-electron chi connectivity index (χ0n) is 18.1. The number of hydrogen-bond acceptors (Lipinski definition) is 0. The zero-order chi connectivity index (χ0) is 21.3. The first-order valence-electron chi connectivity index (χ1n) is 11.0. The number of rotatable bonds is 4. The third kappa shape index (κ3) is 3.22. The van der Waals surface area contributed by atoms with Crippen molar-refractivity contribution >= 4 is 22.3 Å². The predicted octanol–water partition coefficient (Wildman–Crippen LogP) is 6.25. The van der Waals surface area contributed by atoms with Gasteiger partial charge in [0, 0.05) is 0 Å². The second-order valence-corrected chi connectivity index (χ2v) is 16.0. The Hall–Kier alpha value is -2.82. The second-order valence-electron chi connectivity index (χ2n) is 8.44. The minimum absolute atomic E-state index is 0.439. The van der Waals surface area contributed by atoms with Crippen molar-refractivity contribution in [2.75, 3.05) is 0 Å². The summed E-state index contributed by atoms with van der Waals surface area (Å²) in [6, 6.07) is 45.3. The van der Waals surface area contributed by atoms with E-state index in [4.69, 9.17) is 0 Å². The molecule has 4 aromatic rings. The first kappa shape index (κ1) is 20.1. The predicted molar refractivity (Wildman–Crippen MR) is 135 cm³/mol. The van der Waals surface area contributed by atoms with E-state index in [1.165, 1.54) is 11.1 Å². The standard InChI is InChI=1S/C30H28As/c1-23-24(2)30(26-17-9-4-10-18-26)31(27-19-11-5-12-20-27,28-21-13-6-14-22-28)29(23)25-15-7-3-8-16-25/h3-22,29-30H,1-2H3/q+1. The second kappa shape index (κ2) is 8.37. The Bertz CT molecular complexity index is 1080. The first-order chi connectivity index (χ1) is 15.2. The number of hydrogen-bond donors (Lipinski definition) is 0. The molecule has 152 valence electrons. The van der Waals surface area contributed by atoms with Crippen molar-refractivity contribution < 1.29 is 0 Å². The van der Waals surface area contributed by atoms with Crippen molar-refractivity contribution in [3.8, 4) is 0 Å². The van der Waals surface area contributed by atoms with Gasteiger partial charge in [0.05, 0.1) is 0 Å². The van der Waals surface area contributed by atoms with Crippen molar-refractivity contribution in [3.63, 3.8) is 0 Å². The molecule has 2 unspecified atom stereocenters. The van der Waals surface area contributed by atoms with Crippen LogP contribution in [0.2, 0.25) is 0 Å². The van der Waals surface area contributed by atoms with Crippen molar-refractivity contribution in [2.45, 2.75) is 23.3 Å². The average molecular weight is 463 g/mol. The molecule has 0 spiro atoms. The van der Waals surface area contributed by atoms with Gasteiger partial charge in [-0.15, -0.1) is 0 Å². The minimum atomic E-state index is -2.83. The first-order valence-corrected chi connectivity index (χ1v) is 15.1. The summed E-state index contributed by atoms with van der Waals surface area (Å²) in [6.45, 7) is 4.77. The molecule has 1 aliphatic heterocycles. The van der Waals surface area contributed by atoms with Gasteiger partial charge in [0.15, 0.2) is 0 Å². The van der Waals surface area contributed by atoms with E-state index in [1.54, 1.807) is 19.8 Å². The average Bonchev–Trinajstić information content (AvgIpc) is 3.09. The van der Waals surface area contributed by atoms with Crippen LogP contribution in [0.5, 0.6) is 0 Å². The van der Waals surface area contributed by atoms with Gasteiger partial charge in [-0.25, -0.2) is 0 Å². The molecule has 0 saturated heterocycles. The Morgan fingerprint density at radius 2 is 0.710 bits per heavy atom. The molecule has 31 heavy (non-hydrogen) atoms. The Labute approximate surface area is 188 Å². The summed E-state index contributed by atoms with van der Waals surface area (Å²) in [4.78, 5) is 0. The molecule has 0 amide bonds. The fraction of sp³-hybridized carbons (Fsp3) is 0.133. The van der Waals surface area contributed by atoms with Crippen molar-refractivity contribution in [1.29, 1.82) is 0 Å². The molecule has 0 saturated carbocycles. The van der Waals surface area contributed by atoms with E-state index in [2.05, 4.69) is 135 Å². The third-order valence-electron chi connectivity index (χ3n) is 6.85. The number of benzene rings is 4. The van der Waals surface area contributed by atoms with E-state index in [9.17, 15) is 0 Å². The van der Waals surface area contributed by atoms with Crippen LogP contribution in [0.3, 0.4) is 0 Å². The van der Waals surface area contributed by atoms with E-state index < -0.39 is 13.6 Å². The van der Waals surface area contributed by atoms with Crippen LogP contribution in [0, 0.1) is 0 Å². The molecule has 1 aliphatic rings.